The minimum absolute atomic E-state index is 0.124. The predicted octanol–water partition coefficient (Wildman–Crippen LogP) is 6.21. The van der Waals surface area contributed by atoms with Gasteiger partial charge in [0.25, 0.3) is 0 Å². The normalized spacial score (nSPS) is 12.0. The molecular formula is C21H20Cl3N3O3. The van der Waals surface area contributed by atoms with Crippen LogP contribution < -0.4 is 10.1 Å². The summed E-state index contributed by atoms with van der Waals surface area (Å²) in [7, 11) is 0. The second kappa shape index (κ2) is 9.71. The minimum atomic E-state index is -1.17. The summed E-state index contributed by atoms with van der Waals surface area (Å²) < 4.78 is 7.46. The van der Waals surface area contributed by atoms with E-state index in [-0.39, 0.29) is 24.2 Å². The molecule has 0 fully saturated rings. The molecule has 0 aliphatic carbocycles. The van der Waals surface area contributed by atoms with E-state index in [1.54, 1.807) is 42.5 Å². The molecular weight excluding hydrogens is 449 g/mol. The van der Waals surface area contributed by atoms with E-state index in [0.717, 1.165) is 6.42 Å². The van der Waals surface area contributed by atoms with Crippen molar-refractivity contribution in [2.45, 2.75) is 32.9 Å². The van der Waals surface area contributed by atoms with Crippen molar-refractivity contribution in [1.82, 2.24) is 15.1 Å². The maximum Gasteiger partial charge on any atom is 0.356 e. The molecule has 0 radical (unpaired) electrons. The van der Waals surface area contributed by atoms with Crippen LogP contribution in [-0.2, 0) is 6.54 Å². The van der Waals surface area contributed by atoms with E-state index in [4.69, 9.17) is 39.5 Å². The van der Waals surface area contributed by atoms with Gasteiger partial charge in [-0.2, -0.15) is 9.78 Å². The van der Waals surface area contributed by atoms with Gasteiger partial charge in [0.15, 0.2) is 5.69 Å². The van der Waals surface area contributed by atoms with Gasteiger partial charge in [-0.15, -0.1) is 0 Å². The standard InChI is InChI=1S/C21H20Cl3N3O3/c1-3-12(2)25-11-16-19(21(28)29)26-27(18-9-6-14(23)10-17(18)24)20(16)30-15-7-4-13(22)5-8-15/h4-10,12,25H,3,11H2,1-2H3,(H,28,29). The van der Waals surface area contributed by atoms with Gasteiger partial charge in [0.2, 0.25) is 5.88 Å². The van der Waals surface area contributed by atoms with Crippen molar-refractivity contribution < 1.29 is 14.6 Å². The van der Waals surface area contributed by atoms with Gasteiger partial charge in [-0.05, 0) is 55.8 Å². The summed E-state index contributed by atoms with van der Waals surface area (Å²) in [5.41, 5.74) is 0.729. The molecule has 6 nitrogen and oxygen atoms in total. The highest BCUT2D eigenvalue weighted by atomic mass is 35.5. The van der Waals surface area contributed by atoms with Gasteiger partial charge in [-0.1, -0.05) is 41.7 Å². The van der Waals surface area contributed by atoms with Crippen molar-refractivity contribution >= 4 is 40.8 Å². The van der Waals surface area contributed by atoms with Crippen LogP contribution in [0.3, 0.4) is 0 Å². The first-order valence-electron chi connectivity index (χ1n) is 9.27. The van der Waals surface area contributed by atoms with Crippen LogP contribution in [0.1, 0.15) is 36.3 Å². The number of hydrogen-bond acceptors (Lipinski definition) is 4. The van der Waals surface area contributed by atoms with Gasteiger partial charge >= 0.3 is 5.97 Å². The van der Waals surface area contributed by atoms with Gasteiger partial charge < -0.3 is 15.2 Å². The van der Waals surface area contributed by atoms with Crippen molar-refractivity contribution in [1.29, 1.82) is 0 Å². The molecule has 9 heteroatoms. The van der Waals surface area contributed by atoms with Crippen molar-refractivity contribution in [3.63, 3.8) is 0 Å². The molecule has 2 N–H and O–H groups in total. The number of aromatic nitrogens is 2. The Balaban J connectivity index is 2.16. The van der Waals surface area contributed by atoms with Crippen LogP contribution >= 0.6 is 34.8 Å². The molecule has 1 unspecified atom stereocenters. The summed E-state index contributed by atoms with van der Waals surface area (Å²) in [6.07, 6.45) is 0.882. The number of carbonyl (C=O) groups is 1. The smallest absolute Gasteiger partial charge is 0.356 e. The molecule has 0 saturated heterocycles. The molecule has 0 saturated carbocycles. The van der Waals surface area contributed by atoms with Crippen LogP contribution in [0.4, 0.5) is 0 Å². The number of halogens is 3. The Kier molecular flexibility index (Phi) is 7.26. The van der Waals surface area contributed by atoms with E-state index < -0.39 is 5.97 Å². The van der Waals surface area contributed by atoms with Gasteiger partial charge in [-0.25, -0.2) is 4.79 Å². The van der Waals surface area contributed by atoms with Gasteiger partial charge in [0.05, 0.1) is 16.3 Å². The Morgan fingerprint density at radius 2 is 1.83 bits per heavy atom. The van der Waals surface area contributed by atoms with Crippen LogP contribution in [0.2, 0.25) is 15.1 Å². The molecule has 2 aromatic carbocycles. The Morgan fingerprint density at radius 1 is 1.17 bits per heavy atom. The van der Waals surface area contributed by atoms with Crippen molar-refractivity contribution in [3.05, 3.63) is 68.8 Å². The second-order valence-corrected chi connectivity index (χ2v) is 7.97. The number of aromatic carboxylic acids is 1. The van der Waals surface area contributed by atoms with Crippen molar-refractivity contribution in [3.8, 4) is 17.3 Å². The molecule has 1 aromatic heterocycles. The molecule has 0 bridgehead atoms. The number of carboxylic acids is 1. The van der Waals surface area contributed by atoms with E-state index in [1.165, 1.54) is 4.68 Å². The zero-order valence-electron chi connectivity index (χ0n) is 16.3. The number of hydrogen-bond donors (Lipinski definition) is 2. The highest BCUT2D eigenvalue weighted by Crippen LogP contribution is 2.34. The summed E-state index contributed by atoms with van der Waals surface area (Å²) in [5, 5.41) is 18.7. The van der Waals surface area contributed by atoms with Gasteiger partial charge in [0, 0.05) is 22.6 Å². The first kappa shape index (κ1) is 22.4. The van der Waals surface area contributed by atoms with Crippen LogP contribution in [0.5, 0.6) is 11.6 Å². The fraction of sp³-hybridized carbons (Fsp3) is 0.238. The summed E-state index contributed by atoms with van der Waals surface area (Å²) in [6, 6.07) is 11.8. The van der Waals surface area contributed by atoms with E-state index in [9.17, 15) is 9.90 Å². The summed E-state index contributed by atoms with van der Waals surface area (Å²) in [4.78, 5) is 11.9. The molecule has 1 heterocycles. The van der Waals surface area contributed by atoms with E-state index in [1.807, 2.05) is 13.8 Å². The molecule has 0 aliphatic heterocycles. The highest BCUT2D eigenvalue weighted by molar-refractivity contribution is 6.35. The third-order valence-electron chi connectivity index (χ3n) is 4.54. The van der Waals surface area contributed by atoms with Crippen LogP contribution in [-0.4, -0.2) is 26.9 Å². The first-order valence-corrected chi connectivity index (χ1v) is 10.4. The summed E-state index contributed by atoms with van der Waals surface area (Å²) in [5.74, 6) is -0.442. The lowest BCUT2D eigenvalue weighted by molar-refractivity contribution is 0.0688. The number of ether oxygens (including phenoxy) is 1. The third-order valence-corrected chi connectivity index (χ3v) is 5.33. The fourth-order valence-corrected chi connectivity index (χ4v) is 3.34. The summed E-state index contributed by atoms with van der Waals surface area (Å²) in [6.45, 7) is 4.31. The average Bonchev–Trinajstić information content (AvgIpc) is 3.06. The monoisotopic (exact) mass is 467 g/mol. The molecule has 3 aromatic rings. The molecule has 158 valence electrons. The van der Waals surface area contributed by atoms with E-state index >= 15 is 0 Å². The maximum absolute atomic E-state index is 11.9. The lowest BCUT2D eigenvalue weighted by Crippen LogP contribution is -2.25. The Hall–Kier alpha value is -2.25. The average molecular weight is 469 g/mol. The van der Waals surface area contributed by atoms with Gasteiger partial charge in [0.1, 0.15) is 5.75 Å². The van der Waals surface area contributed by atoms with Crippen molar-refractivity contribution in [2.75, 3.05) is 0 Å². The highest BCUT2D eigenvalue weighted by Gasteiger charge is 2.26. The third kappa shape index (κ3) is 5.08. The fourth-order valence-electron chi connectivity index (χ4n) is 2.72. The zero-order chi connectivity index (χ0) is 21.8. The largest absolute Gasteiger partial charge is 0.476 e. The number of benzene rings is 2. The zero-order valence-corrected chi connectivity index (χ0v) is 18.6. The van der Waals surface area contributed by atoms with Crippen molar-refractivity contribution in [2.24, 2.45) is 0 Å². The quantitative estimate of drug-likeness (QED) is 0.411. The summed E-state index contributed by atoms with van der Waals surface area (Å²) >= 11 is 18.3. The molecule has 0 amide bonds. The number of carboxylic acid groups (broad SMARTS) is 1. The lowest BCUT2D eigenvalue weighted by Gasteiger charge is -2.14. The molecule has 30 heavy (non-hydrogen) atoms. The van der Waals surface area contributed by atoms with E-state index in [0.29, 0.717) is 32.1 Å². The topological polar surface area (TPSA) is 76.4 Å². The minimum Gasteiger partial charge on any atom is -0.476 e. The number of nitrogens with one attached hydrogen (secondary N) is 1. The molecule has 3 rings (SSSR count). The second-order valence-electron chi connectivity index (χ2n) is 6.69. The molecule has 0 spiro atoms. The molecule has 0 aliphatic rings. The van der Waals surface area contributed by atoms with Crippen LogP contribution in [0, 0.1) is 0 Å². The maximum atomic E-state index is 11.9. The Labute approximate surface area is 189 Å². The SMILES string of the molecule is CCC(C)NCc1c(C(=O)O)nn(-c2ccc(Cl)cc2Cl)c1Oc1ccc(Cl)cc1. The van der Waals surface area contributed by atoms with E-state index in [2.05, 4.69) is 10.4 Å². The van der Waals surface area contributed by atoms with Gasteiger partial charge in [-0.3, -0.25) is 0 Å². The number of rotatable bonds is 8. The Morgan fingerprint density at radius 3 is 2.43 bits per heavy atom. The predicted molar refractivity (Wildman–Crippen MR) is 119 cm³/mol. The Bertz CT molecular complexity index is 1050. The number of nitrogens with zero attached hydrogens (tertiary/aromatic N) is 2. The first-order chi connectivity index (χ1) is 14.3. The lowest BCUT2D eigenvalue weighted by atomic mass is 10.2. The van der Waals surface area contributed by atoms with Crippen LogP contribution in [0.15, 0.2) is 42.5 Å². The van der Waals surface area contributed by atoms with Crippen LogP contribution in [0.25, 0.3) is 5.69 Å². The molecule has 1 atom stereocenters.